The number of carbonyl (C=O) groups excluding carboxylic acids is 1. The number of benzene rings is 1. The fraction of sp³-hybridized carbons (Fsp3) is 0.300. The molecule has 0 fully saturated rings. The van der Waals surface area contributed by atoms with Gasteiger partial charge in [0, 0.05) is 24.6 Å². The summed E-state index contributed by atoms with van der Waals surface area (Å²) in [7, 11) is 0. The molecule has 6 nitrogen and oxygen atoms in total. The molecule has 0 unspecified atom stereocenters. The Kier molecular flexibility index (Phi) is 5.55. The van der Waals surface area contributed by atoms with Crippen LogP contribution in [0.5, 0.6) is 0 Å². The molecule has 0 radical (unpaired) electrons. The number of aromatic nitrogens is 1. The normalized spacial score (nSPS) is 21.2. The predicted octanol–water partition coefficient (Wildman–Crippen LogP) is 3.78. The molecule has 150 valence electrons. The van der Waals surface area contributed by atoms with E-state index in [2.05, 4.69) is 14.8 Å². The Morgan fingerprint density at radius 2 is 2.17 bits per heavy atom. The van der Waals surface area contributed by atoms with Gasteiger partial charge in [-0.05, 0) is 30.7 Å². The van der Waals surface area contributed by atoms with Gasteiger partial charge < -0.3 is 10.5 Å². The standard InChI is InChI=1S/C20H17F3N4O2/c1-11-9-20(18(22)23,27-19(24)29-11)14-7-12(3-5-15(14)21)8-17(28)16-6-4-13(25-2)10-26-16/h3-7,10-11,18H,8-9H2,1H3,(H2,24,27)/t11-,20+/m1/s1. The van der Waals surface area contributed by atoms with Crippen LogP contribution in [-0.2, 0) is 16.7 Å². The Bertz CT molecular complexity index is 1000. The average molecular weight is 402 g/mol. The van der Waals surface area contributed by atoms with Gasteiger partial charge >= 0.3 is 0 Å². The molecule has 1 aromatic heterocycles. The van der Waals surface area contributed by atoms with Crippen LogP contribution in [-0.4, -0.2) is 29.3 Å². The first-order valence-electron chi connectivity index (χ1n) is 8.71. The molecular formula is C20H17F3N4O2. The molecule has 0 amide bonds. The van der Waals surface area contributed by atoms with E-state index in [0.29, 0.717) is 5.56 Å². The highest BCUT2D eigenvalue weighted by molar-refractivity contribution is 5.96. The van der Waals surface area contributed by atoms with E-state index in [1.807, 2.05) is 0 Å². The number of amidine groups is 1. The number of aliphatic imine (C=N–C) groups is 1. The fourth-order valence-electron chi connectivity index (χ4n) is 3.29. The highest BCUT2D eigenvalue weighted by atomic mass is 19.3. The molecule has 1 aromatic carbocycles. The van der Waals surface area contributed by atoms with Crippen LogP contribution >= 0.6 is 0 Å². The summed E-state index contributed by atoms with van der Waals surface area (Å²) < 4.78 is 47.7. The van der Waals surface area contributed by atoms with E-state index in [0.717, 1.165) is 6.07 Å². The number of pyridine rings is 1. The Labute approximate surface area is 165 Å². The third-order valence-electron chi connectivity index (χ3n) is 4.62. The van der Waals surface area contributed by atoms with E-state index >= 15 is 0 Å². The summed E-state index contributed by atoms with van der Waals surface area (Å²) >= 11 is 0. The van der Waals surface area contributed by atoms with Crippen LogP contribution < -0.4 is 5.73 Å². The zero-order valence-corrected chi connectivity index (χ0v) is 15.4. The second-order valence-corrected chi connectivity index (χ2v) is 6.74. The second-order valence-electron chi connectivity index (χ2n) is 6.74. The van der Waals surface area contributed by atoms with Gasteiger partial charge in [-0.15, -0.1) is 0 Å². The predicted molar refractivity (Wildman–Crippen MR) is 99.4 cm³/mol. The third-order valence-corrected chi connectivity index (χ3v) is 4.62. The van der Waals surface area contributed by atoms with Crippen LogP contribution in [0.1, 0.15) is 35.0 Å². The van der Waals surface area contributed by atoms with Crippen molar-refractivity contribution in [3.05, 3.63) is 70.6 Å². The summed E-state index contributed by atoms with van der Waals surface area (Å²) in [5, 5.41) is 0. The minimum Gasteiger partial charge on any atom is -0.462 e. The molecule has 2 N–H and O–H groups in total. The Morgan fingerprint density at radius 3 is 2.76 bits per heavy atom. The van der Waals surface area contributed by atoms with Crippen LogP contribution in [0.3, 0.4) is 0 Å². The van der Waals surface area contributed by atoms with Crippen molar-refractivity contribution in [2.45, 2.75) is 37.8 Å². The molecule has 2 heterocycles. The number of hydrogen-bond donors (Lipinski definition) is 1. The maximum absolute atomic E-state index is 14.5. The van der Waals surface area contributed by atoms with E-state index in [-0.39, 0.29) is 29.8 Å². The zero-order valence-electron chi connectivity index (χ0n) is 15.4. The van der Waals surface area contributed by atoms with Crippen LogP contribution in [0.15, 0.2) is 41.5 Å². The lowest BCUT2D eigenvalue weighted by Crippen LogP contribution is -2.44. The van der Waals surface area contributed by atoms with Gasteiger partial charge in [0.25, 0.3) is 12.4 Å². The van der Waals surface area contributed by atoms with Gasteiger partial charge in [-0.3, -0.25) is 9.78 Å². The molecule has 0 saturated carbocycles. The number of ether oxygens (including phenoxy) is 1. The highest BCUT2D eigenvalue weighted by Gasteiger charge is 2.48. The molecule has 3 rings (SSSR count). The lowest BCUT2D eigenvalue weighted by molar-refractivity contribution is 0.00520. The van der Waals surface area contributed by atoms with Crippen molar-refractivity contribution in [3.8, 4) is 0 Å². The molecular weight excluding hydrogens is 385 g/mol. The SMILES string of the molecule is [C-]#[N+]c1ccc(C(=O)Cc2ccc(F)c([C@]3(C(F)F)C[C@@H](C)OC(N)=N3)c2)nc1. The van der Waals surface area contributed by atoms with Gasteiger partial charge in [-0.25, -0.2) is 23.0 Å². The first-order valence-corrected chi connectivity index (χ1v) is 8.71. The van der Waals surface area contributed by atoms with Crippen LogP contribution in [0.4, 0.5) is 18.9 Å². The van der Waals surface area contributed by atoms with Crippen molar-refractivity contribution in [2.24, 2.45) is 10.7 Å². The molecule has 0 spiro atoms. The van der Waals surface area contributed by atoms with Gasteiger partial charge in [0.05, 0.1) is 6.57 Å². The van der Waals surface area contributed by atoms with E-state index in [9.17, 15) is 18.0 Å². The summed E-state index contributed by atoms with van der Waals surface area (Å²) in [5.74, 6) is -1.26. The van der Waals surface area contributed by atoms with Gasteiger partial charge in [0.2, 0.25) is 5.69 Å². The summed E-state index contributed by atoms with van der Waals surface area (Å²) in [6.45, 7) is 8.44. The summed E-state index contributed by atoms with van der Waals surface area (Å²) in [6, 6.07) is 6.01. The average Bonchev–Trinajstić information content (AvgIpc) is 2.68. The maximum atomic E-state index is 14.5. The largest absolute Gasteiger partial charge is 0.462 e. The smallest absolute Gasteiger partial charge is 0.283 e. The van der Waals surface area contributed by atoms with Gasteiger partial charge in [0.1, 0.15) is 17.6 Å². The molecule has 0 bridgehead atoms. The fourth-order valence-corrected chi connectivity index (χ4v) is 3.29. The minimum atomic E-state index is -3.03. The zero-order chi connectivity index (χ0) is 21.2. The highest BCUT2D eigenvalue weighted by Crippen LogP contribution is 2.41. The van der Waals surface area contributed by atoms with Crippen molar-refractivity contribution in [1.29, 1.82) is 0 Å². The van der Waals surface area contributed by atoms with Gasteiger partial charge in [0.15, 0.2) is 11.3 Å². The summed E-state index contributed by atoms with van der Waals surface area (Å²) in [5.41, 5.74) is 3.73. The number of hydrogen-bond acceptors (Lipinski definition) is 5. The number of alkyl halides is 2. The Morgan fingerprint density at radius 1 is 1.41 bits per heavy atom. The third kappa shape index (κ3) is 4.06. The lowest BCUT2D eigenvalue weighted by atomic mass is 9.83. The summed E-state index contributed by atoms with van der Waals surface area (Å²) in [4.78, 5) is 23.3. The monoisotopic (exact) mass is 402 g/mol. The van der Waals surface area contributed by atoms with E-state index < -0.39 is 35.7 Å². The van der Waals surface area contributed by atoms with Crippen molar-refractivity contribution in [3.63, 3.8) is 0 Å². The van der Waals surface area contributed by atoms with Crippen molar-refractivity contribution >= 4 is 17.5 Å². The molecule has 0 aliphatic carbocycles. The second kappa shape index (κ2) is 7.91. The Balaban J connectivity index is 1.96. The van der Waals surface area contributed by atoms with Crippen LogP contribution in [0.25, 0.3) is 4.85 Å². The number of rotatable bonds is 5. The Hall–Kier alpha value is -3.41. The van der Waals surface area contributed by atoms with Crippen molar-refractivity contribution in [2.75, 3.05) is 0 Å². The number of nitrogens with zero attached hydrogens (tertiary/aromatic N) is 3. The number of nitrogens with two attached hydrogens (primary N) is 1. The van der Waals surface area contributed by atoms with Crippen molar-refractivity contribution in [1.82, 2.24) is 4.98 Å². The minimum absolute atomic E-state index is 0.119. The van der Waals surface area contributed by atoms with E-state index in [1.54, 1.807) is 6.92 Å². The number of Topliss-reactive ketones (excluding diaryl/α,β-unsaturated/α-hetero) is 1. The molecule has 2 aromatic rings. The van der Waals surface area contributed by atoms with Crippen molar-refractivity contribution < 1.29 is 22.7 Å². The quantitative estimate of drug-likeness (QED) is 0.610. The number of ketones is 1. The van der Waals surface area contributed by atoms with Gasteiger partial charge in [-0.2, -0.15) is 0 Å². The first-order chi connectivity index (χ1) is 13.7. The maximum Gasteiger partial charge on any atom is 0.283 e. The molecule has 1 aliphatic heterocycles. The molecule has 1 aliphatic rings. The number of halogens is 3. The topological polar surface area (TPSA) is 81.9 Å². The summed E-state index contributed by atoms with van der Waals surface area (Å²) in [6.07, 6.45) is -2.89. The van der Waals surface area contributed by atoms with Crippen LogP contribution in [0, 0.1) is 12.4 Å². The first kappa shape index (κ1) is 20.3. The lowest BCUT2D eigenvalue weighted by Gasteiger charge is -2.36. The van der Waals surface area contributed by atoms with Gasteiger partial charge in [-0.1, -0.05) is 12.1 Å². The molecule has 0 saturated heterocycles. The number of carbonyl (C=O) groups is 1. The van der Waals surface area contributed by atoms with E-state index in [1.165, 1.54) is 30.5 Å². The molecule has 9 heteroatoms. The molecule has 29 heavy (non-hydrogen) atoms. The molecule has 2 atom stereocenters. The van der Waals surface area contributed by atoms with Crippen LogP contribution in [0.2, 0.25) is 0 Å². The van der Waals surface area contributed by atoms with E-state index in [4.69, 9.17) is 17.0 Å².